The molecule has 0 spiro atoms. The molecule has 0 bridgehead atoms. The van der Waals surface area contributed by atoms with Crippen molar-refractivity contribution in [1.82, 2.24) is 14.5 Å². The zero-order valence-corrected chi connectivity index (χ0v) is 12.9. The van der Waals surface area contributed by atoms with Gasteiger partial charge in [0.1, 0.15) is 11.4 Å². The Bertz CT molecular complexity index is 822. The molecular formula is C14H15N3O3S. The highest BCUT2D eigenvalue weighted by atomic mass is 32.1. The van der Waals surface area contributed by atoms with Gasteiger partial charge < -0.3 is 0 Å². The van der Waals surface area contributed by atoms with Crippen molar-refractivity contribution >= 4 is 34.1 Å². The zero-order valence-electron chi connectivity index (χ0n) is 12.0. The third kappa shape index (κ3) is 1.84. The van der Waals surface area contributed by atoms with E-state index < -0.39 is 5.54 Å². The van der Waals surface area contributed by atoms with E-state index in [4.69, 9.17) is 0 Å². The van der Waals surface area contributed by atoms with Crippen molar-refractivity contribution < 1.29 is 9.59 Å². The van der Waals surface area contributed by atoms with Crippen LogP contribution >= 0.6 is 11.3 Å². The van der Waals surface area contributed by atoms with E-state index in [-0.39, 0.29) is 23.8 Å². The minimum absolute atomic E-state index is 0.215. The highest BCUT2D eigenvalue weighted by Crippen LogP contribution is 2.30. The lowest BCUT2D eigenvalue weighted by Crippen LogP contribution is -2.57. The Labute approximate surface area is 125 Å². The molecule has 2 aromatic rings. The van der Waals surface area contributed by atoms with Gasteiger partial charge in [-0.25, -0.2) is 4.98 Å². The predicted molar refractivity (Wildman–Crippen MR) is 79.3 cm³/mol. The first-order valence-corrected chi connectivity index (χ1v) is 7.57. The van der Waals surface area contributed by atoms with Crippen LogP contribution in [0.1, 0.15) is 25.6 Å². The van der Waals surface area contributed by atoms with Gasteiger partial charge in [0.25, 0.3) is 11.5 Å². The Morgan fingerprint density at radius 1 is 1.29 bits per heavy atom. The molecule has 0 saturated carbocycles. The van der Waals surface area contributed by atoms with Crippen LogP contribution in [0.25, 0.3) is 10.9 Å². The van der Waals surface area contributed by atoms with E-state index in [1.54, 1.807) is 19.2 Å². The smallest absolute Gasteiger partial charge is 0.263 e. The van der Waals surface area contributed by atoms with Crippen molar-refractivity contribution in [3.05, 3.63) is 26.9 Å². The first-order chi connectivity index (χ1) is 9.86. The van der Waals surface area contributed by atoms with E-state index in [0.29, 0.717) is 23.1 Å². The van der Waals surface area contributed by atoms with Crippen molar-refractivity contribution in [1.29, 1.82) is 0 Å². The molecule has 1 fully saturated rings. The molecule has 7 heteroatoms. The number of likely N-dealkylation sites (N-methyl/N-ethyl adjacent to an activating group) is 1. The molecule has 2 amide bonds. The normalized spacial score (nSPS) is 23.1. The number of carbonyl (C=O) groups excluding carboxylic acids is 2. The van der Waals surface area contributed by atoms with Crippen LogP contribution in [0.15, 0.2) is 15.6 Å². The molecule has 0 N–H and O–H groups in total. The summed E-state index contributed by atoms with van der Waals surface area (Å²) in [7, 11) is 1.46. The largest absolute Gasteiger partial charge is 0.284 e. The van der Waals surface area contributed by atoms with Crippen molar-refractivity contribution in [2.75, 3.05) is 7.05 Å². The fourth-order valence-electron chi connectivity index (χ4n) is 2.92. The number of imide groups is 1. The maximum absolute atomic E-state index is 12.7. The molecule has 1 atom stereocenters. The minimum atomic E-state index is -1.06. The molecule has 1 saturated heterocycles. The van der Waals surface area contributed by atoms with Crippen molar-refractivity contribution in [2.45, 2.75) is 32.2 Å². The maximum Gasteiger partial charge on any atom is 0.263 e. The van der Waals surface area contributed by atoms with Gasteiger partial charge in [0.05, 0.1) is 10.9 Å². The molecule has 0 aliphatic carbocycles. The van der Waals surface area contributed by atoms with Gasteiger partial charge in [-0.3, -0.25) is 23.9 Å². The molecule has 1 aliphatic heterocycles. The van der Waals surface area contributed by atoms with Gasteiger partial charge in [0, 0.05) is 24.2 Å². The SMILES string of the molecule is Cc1nc2cscc2c(=O)n1C1(C)CCC(=O)N(C)C1=O. The van der Waals surface area contributed by atoms with Crippen molar-refractivity contribution in [2.24, 2.45) is 0 Å². The van der Waals surface area contributed by atoms with Crippen LogP contribution < -0.4 is 5.56 Å². The van der Waals surface area contributed by atoms with E-state index in [9.17, 15) is 14.4 Å². The number of aromatic nitrogens is 2. The summed E-state index contributed by atoms with van der Waals surface area (Å²) in [4.78, 5) is 42.5. The Hall–Kier alpha value is -2.02. The number of piperidine rings is 1. The monoisotopic (exact) mass is 305 g/mol. The number of hydrogen-bond donors (Lipinski definition) is 0. The first kappa shape index (κ1) is 13.9. The maximum atomic E-state index is 12.7. The fraction of sp³-hybridized carbons (Fsp3) is 0.429. The highest BCUT2D eigenvalue weighted by molar-refractivity contribution is 7.09. The Morgan fingerprint density at radius 3 is 2.71 bits per heavy atom. The minimum Gasteiger partial charge on any atom is -0.284 e. The zero-order chi connectivity index (χ0) is 15.4. The molecule has 1 unspecified atom stereocenters. The van der Waals surface area contributed by atoms with Crippen LogP contribution in [0, 0.1) is 6.92 Å². The number of rotatable bonds is 1. The number of hydrogen-bond acceptors (Lipinski definition) is 5. The topological polar surface area (TPSA) is 72.3 Å². The summed E-state index contributed by atoms with van der Waals surface area (Å²) >= 11 is 1.41. The lowest BCUT2D eigenvalue weighted by atomic mass is 9.89. The molecule has 3 heterocycles. The summed E-state index contributed by atoms with van der Waals surface area (Å²) in [5.41, 5.74) is -0.639. The van der Waals surface area contributed by atoms with Gasteiger partial charge in [-0.1, -0.05) is 0 Å². The molecular weight excluding hydrogens is 290 g/mol. The summed E-state index contributed by atoms with van der Waals surface area (Å²) in [5.74, 6) is -0.0856. The molecule has 3 rings (SSSR count). The number of nitrogens with zero attached hydrogens (tertiary/aromatic N) is 3. The summed E-state index contributed by atoms with van der Waals surface area (Å²) in [6, 6.07) is 0. The second-order valence-electron chi connectivity index (χ2n) is 5.50. The second kappa shape index (κ2) is 4.49. The lowest BCUT2D eigenvalue weighted by molar-refractivity contribution is -0.154. The summed E-state index contributed by atoms with van der Waals surface area (Å²) in [6.45, 7) is 3.42. The van der Waals surface area contributed by atoms with Gasteiger partial charge >= 0.3 is 0 Å². The Balaban J connectivity index is 2.26. The summed E-state index contributed by atoms with van der Waals surface area (Å²) in [6.07, 6.45) is 0.555. The van der Waals surface area contributed by atoms with Crippen LogP contribution in [0.5, 0.6) is 0 Å². The number of aryl methyl sites for hydroxylation is 1. The van der Waals surface area contributed by atoms with Crippen molar-refractivity contribution in [3.63, 3.8) is 0 Å². The van der Waals surface area contributed by atoms with E-state index in [1.807, 2.05) is 5.38 Å². The number of carbonyl (C=O) groups is 2. The average molecular weight is 305 g/mol. The third-order valence-corrected chi connectivity index (χ3v) is 4.87. The molecule has 0 radical (unpaired) electrons. The van der Waals surface area contributed by atoms with Gasteiger partial charge in [-0.2, -0.15) is 0 Å². The summed E-state index contributed by atoms with van der Waals surface area (Å²) < 4.78 is 1.44. The number of amides is 2. The molecule has 1 aliphatic rings. The Morgan fingerprint density at radius 2 is 2.00 bits per heavy atom. The Kier molecular flexibility index (Phi) is 2.98. The molecule has 21 heavy (non-hydrogen) atoms. The highest BCUT2D eigenvalue weighted by Gasteiger charge is 2.45. The average Bonchev–Trinajstić information content (AvgIpc) is 2.90. The second-order valence-corrected chi connectivity index (χ2v) is 6.25. The van der Waals surface area contributed by atoms with Crippen molar-refractivity contribution in [3.8, 4) is 0 Å². The van der Waals surface area contributed by atoms with Gasteiger partial charge in [-0.15, -0.1) is 11.3 Å². The van der Waals surface area contributed by atoms with E-state index in [2.05, 4.69) is 4.98 Å². The molecule has 6 nitrogen and oxygen atoms in total. The van der Waals surface area contributed by atoms with E-state index in [1.165, 1.54) is 23.0 Å². The van der Waals surface area contributed by atoms with Gasteiger partial charge in [0.15, 0.2) is 0 Å². The predicted octanol–water partition coefficient (Wildman–Crippen LogP) is 1.26. The standard InChI is InChI=1S/C14H15N3O3S/c1-8-15-10-7-21-6-9(10)12(19)17(8)14(2)5-4-11(18)16(3)13(14)20/h6-7H,4-5H2,1-3H3. The number of thiophene rings is 1. The fourth-order valence-corrected chi connectivity index (χ4v) is 3.65. The number of likely N-dealkylation sites (tertiary alicyclic amines) is 1. The van der Waals surface area contributed by atoms with Crippen LogP contribution in [-0.2, 0) is 15.1 Å². The van der Waals surface area contributed by atoms with Crippen LogP contribution in [0.3, 0.4) is 0 Å². The van der Waals surface area contributed by atoms with E-state index >= 15 is 0 Å². The summed E-state index contributed by atoms with van der Waals surface area (Å²) in [5, 5.41) is 4.07. The third-order valence-electron chi connectivity index (χ3n) is 4.14. The van der Waals surface area contributed by atoms with Gasteiger partial charge in [-0.05, 0) is 20.3 Å². The van der Waals surface area contributed by atoms with Crippen LogP contribution in [0.2, 0.25) is 0 Å². The van der Waals surface area contributed by atoms with Crippen LogP contribution in [-0.4, -0.2) is 33.3 Å². The number of fused-ring (bicyclic) bond motifs is 1. The first-order valence-electron chi connectivity index (χ1n) is 6.63. The quantitative estimate of drug-likeness (QED) is 0.744. The molecule has 2 aromatic heterocycles. The molecule has 0 aromatic carbocycles. The molecule has 110 valence electrons. The lowest BCUT2D eigenvalue weighted by Gasteiger charge is -2.38. The van der Waals surface area contributed by atoms with Gasteiger partial charge in [0.2, 0.25) is 5.91 Å². The van der Waals surface area contributed by atoms with Crippen LogP contribution in [0.4, 0.5) is 0 Å². The van der Waals surface area contributed by atoms with E-state index in [0.717, 1.165) is 4.90 Å².